The predicted molar refractivity (Wildman–Crippen MR) is 126 cm³/mol. The summed E-state index contributed by atoms with van der Waals surface area (Å²) in [7, 11) is 0. The number of hydrogen-bond donors (Lipinski definition) is 2. The van der Waals surface area contributed by atoms with Gasteiger partial charge in [0.2, 0.25) is 0 Å². The lowest BCUT2D eigenvalue weighted by Gasteiger charge is -2.09. The Labute approximate surface area is 188 Å². The molecule has 2 N–H and O–H groups in total. The summed E-state index contributed by atoms with van der Waals surface area (Å²) < 4.78 is 1.77. The number of halogens is 1. The molecule has 7 nitrogen and oxygen atoms in total. The lowest BCUT2D eigenvalue weighted by molar-refractivity contribution is 0.102. The molecule has 32 heavy (non-hydrogen) atoms. The van der Waals surface area contributed by atoms with Gasteiger partial charge in [-0.05, 0) is 54.6 Å². The second-order valence-electron chi connectivity index (χ2n) is 7.02. The van der Waals surface area contributed by atoms with Crippen LogP contribution >= 0.6 is 11.6 Å². The third-order valence-corrected chi connectivity index (χ3v) is 5.09. The van der Waals surface area contributed by atoms with Crippen LogP contribution < -0.4 is 10.6 Å². The molecule has 8 heteroatoms. The average Bonchev–Trinajstić information content (AvgIpc) is 3.25. The number of para-hydroxylation sites is 1. The van der Waals surface area contributed by atoms with Crippen molar-refractivity contribution in [3.05, 3.63) is 102 Å². The van der Waals surface area contributed by atoms with Gasteiger partial charge in [-0.2, -0.15) is 5.10 Å². The van der Waals surface area contributed by atoms with Crippen LogP contribution in [0.3, 0.4) is 0 Å². The van der Waals surface area contributed by atoms with Gasteiger partial charge in [-0.25, -0.2) is 14.6 Å². The Morgan fingerprint density at radius 2 is 1.69 bits per heavy atom. The molecule has 3 aromatic carbocycles. The average molecular weight is 441 g/mol. The van der Waals surface area contributed by atoms with Gasteiger partial charge in [0.05, 0.1) is 17.3 Å². The summed E-state index contributed by atoms with van der Waals surface area (Å²) in [4.78, 5) is 21.3. The lowest BCUT2D eigenvalue weighted by Crippen LogP contribution is -2.11. The van der Waals surface area contributed by atoms with E-state index in [1.54, 1.807) is 47.3 Å². The normalized spacial score (nSPS) is 10.8. The maximum absolute atomic E-state index is 12.5. The summed E-state index contributed by atoms with van der Waals surface area (Å²) in [5.41, 5.74) is 3.58. The van der Waals surface area contributed by atoms with Gasteiger partial charge in [0.15, 0.2) is 5.65 Å². The molecule has 0 saturated carbocycles. The number of benzene rings is 3. The summed E-state index contributed by atoms with van der Waals surface area (Å²) in [6, 6.07) is 24.0. The Hall–Kier alpha value is -4.23. The maximum Gasteiger partial charge on any atom is 0.255 e. The molecule has 0 unspecified atom stereocenters. The molecule has 0 spiro atoms. The Morgan fingerprint density at radius 3 is 2.47 bits per heavy atom. The van der Waals surface area contributed by atoms with Crippen molar-refractivity contribution in [3.8, 4) is 5.69 Å². The molecule has 0 fully saturated rings. The number of aromatic nitrogens is 4. The predicted octanol–water partition coefficient (Wildman–Crippen LogP) is 5.46. The first-order valence-electron chi connectivity index (χ1n) is 9.85. The SMILES string of the molecule is O=C(Nc1cccc(Cl)c1)c1ccc(Nc2ncnc3c2cnn3-c2ccccc2)cc1. The number of nitrogens with zero attached hydrogens (tertiary/aromatic N) is 4. The first-order valence-corrected chi connectivity index (χ1v) is 10.2. The molecule has 2 heterocycles. The number of rotatable bonds is 5. The van der Waals surface area contributed by atoms with Crippen LogP contribution in [-0.4, -0.2) is 25.7 Å². The molecule has 0 aliphatic rings. The molecule has 0 aliphatic carbocycles. The smallest absolute Gasteiger partial charge is 0.255 e. The van der Waals surface area contributed by atoms with Crippen molar-refractivity contribution in [1.29, 1.82) is 0 Å². The molecule has 1 amide bonds. The Morgan fingerprint density at radius 1 is 0.875 bits per heavy atom. The van der Waals surface area contributed by atoms with Crippen LogP contribution in [0.15, 0.2) is 91.4 Å². The van der Waals surface area contributed by atoms with E-state index >= 15 is 0 Å². The largest absolute Gasteiger partial charge is 0.340 e. The van der Waals surface area contributed by atoms with Crippen molar-refractivity contribution in [2.24, 2.45) is 0 Å². The topological polar surface area (TPSA) is 84.7 Å². The summed E-state index contributed by atoms with van der Waals surface area (Å²) >= 11 is 5.97. The fourth-order valence-corrected chi connectivity index (χ4v) is 3.50. The van der Waals surface area contributed by atoms with Crippen molar-refractivity contribution in [1.82, 2.24) is 19.7 Å². The maximum atomic E-state index is 12.5. The van der Waals surface area contributed by atoms with Crippen LogP contribution in [0.2, 0.25) is 5.02 Å². The third kappa shape index (κ3) is 4.01. The highest BCUT2D eigenvalue weighted by Gasteiger charge is 2.12. The third-order valence-electron chi connectivity index (χ3n) is 4.86. The quantitative estimate of drug-likeness (QED) is 0.379. The van der Waals surface area contributed by atoms with E-state index in [0.717, 1.165) is 16.8 Å². The van der Waals surface area contributed by atoms with E-state index in [4.69, 9.17) is 11.6 Å². The van der Waals surface area contributed by atoms with Crippen molar-refractivity contribution < 1.29 is 4.79 Å². The highest BCUT2D eigenvalue weighted by molar-refractivity contribution is 6.31. The monoisotopic (exact) mass is 440 g/mol. The minimum atomic E-state index is -0.215. The van der Waals surface area contributed by atoms with Crippen LogP contribution in [0.1, 0.15) is 10.4 Å². The molecule has 0 radical (unpaired) electrons. The molecule has 5 rings (SSSR count). The molecule has 0 aliphatic heterocycles. The highest BCUT2D eigenvalue weighted by Crippen LogP contribution is 2.25. The zero-order valence-electron chi connectivity index (χ0n) is 16.7. The zero-order valence-corrected chi connectivity index (χ0v) is 17.5. The van der Waals surface area contributed by atoms with Crippen molar-refractivity contribution in [2.75, 3.05) is 10.6 Å². The first-order chi connectivity index (χ1) is 15.7. The van der Waals surface area contributed by atoms with Gasteiger partial charge in [-0.1, -0.05) is 35.9 Å². The molecule has 0 atom stereocenters. The van der Waals surface area contributed by atoms with Gasteiger partial charge in [-0.3, -0.25) is 4.79 Å². The molecular weight excluding hydrogens is 424 g/mol. The number of anilines is 3. The van der Waals surface area contributed by atoms with Gasteiger partial charge in [-0.15, -0.1) is 0 Å². The van der Waals surface area contributed by atoms with E-state index in [2.05, 4.69) is 25.7 Å². The Balaban J connectivity index is 1.36. The highest BCUT2D eigenvalue weighted by atomic mass is 35.5. The summed E-state index contributed by atoms with van der Waals surface area (Å²) in [6.07, 6.45) is 3.23. The molecule has 0 saturated heterocycles. The molecule has 156 valence electrons. The summed E-state index contributed by atoms with van der Waals surface area (Å²) in [5, 5.41) is 11.9. The standard InChI is InChI=1S/C24H17ClN6O/c25-17-5-4-6-19(13-17)30-24(32)16-9-11-18(12-10-16)29-22-21-14-28-31(23(21)27-15-26-22)20-7-2-1-3-8-20/h1-15H,(H,30,32)(H,26,27,29). The Bertz CT molecular complexity index is 1400. The van der Waals surface area contributed by atoms with Crippen molar-refractivity contribution >= 4 is 45.7 Å². The summed E-state index contributed by atoms with van der Waals surface area (Å²) in [5.74, 6) is 0.417. The molecule has 2 aromatic heterocycles. The van der Waals surface area contributed by atoms with Crippen LogP contribution in [0.25, 0.3) is 16.7 Å². The second kappa shape index (κ2) is 8.49. The van der Waals surface area contributed by atoms with Gasteiger partial charge in [0.1, 0.15) is 12.1 Å². The number of carbonyl (C=O) groups excluding carboxylic acids is 1. The molecular formula is C24H17ClN6O. The van der Waals surface area contributed by atoms with Crippen LogP contribution in [0.4, 0.5) is 17.2 Å². The van der Waals surface area contributed by atoms with E-state index in [1.807, 2.05) is 42.5 Å². The van der Waals surface area contributed by atoms with Gasteiger partial charge >= 0.3 is 0 Å². The van der Waals surface area contributed by atoms with Crippen molar-refractivity contribution in [2.45, 2.75) is 0 Å². The van der Waals surface area contributed by atoms with Crippen molar-refractivity contribution in [3.63, 3.8) is 0 Å². The molecule has 0 bridgehead atoms. The number of carbonyl (C=O) groups is 1. The van der Waals surface area contributed by atoms with Crippen LogP contribution in [0, 0.1) is 0 Å². The first kappa shape index (κ1) is 19.7. The summed E-state index contributed by atoms with van der Waals surface area (Å²) in [6.45, 7) is 0. The van der Waals surface area contributed by atoms with Gasteiger partial charge in [0.25, 0.3) is 5.91 Å². The number of amides is 1. The second-order valence-corrected chi connectivity index (χ2v) is 7.45. The number of hydrogen-bond acceptors (Lipinski definition) is 5. The van der Waals surface area contributed by atoms with E-state index in [9.17, 15) is 4.79 Å². The van der Waals surface area contributed by atoms with Crippen LogP contribution in [-0.2, 0) is 0 Å². The van der Waals surface area contributed by atoms with Gasteiger partial charge < -0.3 is 10.6 Å². The van der Waals surface area contributed by atoms with E-state index < -0.39 is 0 Å². The van der Waals surface area contributed by atoms with Gasteiger partial charge in [0, 0.05) is 22.0 Å². The van der Waals surface area contributed by atoms with Crippen LogP contribution in [0.5, 0.6) is 0 Å². The lowest BCUT2D eigenvalue weighted by atomic mass is 10.2. The number of nitrogens with one attached hydrogen (secondary N) is 2. The van der Waals surface area contributed by atoms with E-state index in [0.29, 0.717) is 27.7 Å². The fraction of sp³-hybridized carbons (Fsp3) is 0. The minimum Gasteiger partial charge on any atom is -0.340 e. The Kier molecular flexibility index (Phi) is 5.23. The fourth-order valence-electron chi connectivity index (χ4n) is 3.31. The minimum absolute atomic E-state index is 0.215. The zero-order chi connectivity index (χ0) is 21.9. The number of fused-ring (bicyclic) bond motifs is 1. The molecule has 5 aromatic rings. The van der Waals surface area contributed by atoms with E-state index in [1.165, 1.54) is 6.33 Å². The van der Waals surface area contributed by atoms with E-state index in [-0.39, 0.29) is 5.91 Å².